The molecule has 0 saturated carbocycles. The molecule has 6 rings (SSSR count). The number of carbonyl (C=O) groups excluding carboxylic acids is 5. The summed E-state index contributed by atoms with van der Waals surface area (Å²) in [6.07, 6.45) is 3.09. The van der Waals surface area contributed by atoms with Crippen LogP contribution in [0, 0.1) is 25.2 Å². The Balaban J connectivity index is 1.42. The maximum atomic E-state index is 14.9. The molecule has 0 spiro atoms. The second-order valence-corrected chi connectivity index (χ2v) is 14.9. The van der Waals surface area contributed by atoms with Gasteiger partial charge < -0.3 is 10.2 Å². The summed E-state index contributed by atoms with van der Waals surface area (Å²) < 4.78 is 1.53. The number of amides is 4. The van der Waals surface area contributed by atoms with E-state index in [4.69, 9.17) is 33.9 Å². The Bertz CT molecular complexity index is 2610. The van der Waals surface area contributed by atoms with Gasteiger partial charge in [-0.25, -0.2) is 40.3 Å². The van der Waals surface area contributed by atoms with Crippen molar-refractivity contribution in [2.24, 2.45) is 5.84 Å². The van der Waals surface area contributed by atoms with E-state index in [1.165, 1.54) is 66.6 Å². The van der Waals surface area contributed by atoms with Gasteiger partial charge in [-0.05, 0) is 89.4 Å². The Hall–Kier alpha value is -6.17. The lowest BCUT2D eigenvalue weighted by molar-refractivity contribution is -0.126. The number of nitriles is 1. The summed E-state index contributed by atoms with van der Waals surface area (Å²) in [4.78, 5) is 81.4. The molecule has 2 aromatic carbocycles. The van der Waals surface area contributed by atoms with Crippen LogP contribution in [-0.4, -0.2) is 71.4 Å². The minimum absolute atomic E-state index is 0.00390. The number of alkyl halides is 1. The van der Waals surface area contributed by atoms with Crippen LogP contribution >= 0.6 is 55.1 Å². The van der Waals surface area contributed by atoms with Gasteiger partial charge in [0.2, 0.25) is 0 Å². The van der Waals surface area contributed by atoms with Gasteiger partial charge in [0, 0.05) is 36.6 Å². The highest BCUT2D eigenvalue weighted by Gasteiger charge is 2.42. The zero-order chi connectivity index (χ0) is 42.0. The van der Waals surface area contributed by atoms with Gasteiger partial charge in [0.1, 0.15) is 20.9 Å². The van der Waals surface area contributed by atoms with E-state index in [1.54, 1.807) is 38.1 Å². The predicted octanol–water partition coefficient (Wildman–Crippen LogP) is 6.16. The van der Waals surface area contributed by atoms with E-state index in [9.17, 15) is 29.2 Å². The summed E-state index contributed by atoms with van der Waals surface area (Å²) >= 11 is 19.6. The number of rotatable bonds is 8. The first-order chi connectivity index (χ1) is 27.6. The van der Waals surface area contributed by atoms with Gasteiger partial charge in [-0.3, -0.25) is 19.2 Å². The third-order valence-corrected chi connectivity index (χ3v) is 10.0. The number of nitrogens with one attached hydrogen (secondary N) is 2. The van der Waals surface area contributed by atoms with Crippen molar-refractivity contribution in [1.82, 2.24) is 35.2 Å². The molecular weight excluding hydrogens is 925 g/mol. The molecular formula is C37H27Br2Cl2N11O6. The van der Waals surface area contributed by atoms with E-state index in [-0.39, 0.29) is 61.0 Å². The number of halogens is 4. The number of aromatic nitrogens is 4. The Labute approximate surface area is 356 Å². The van der Waals surface area contributed by atoms with Gasteiger partial charge in [0.25, 0.3) is 11.8 Å². The highest BCUT2D eigenvalue weighted by atomic mass is 79.9. The molecule has 58 heavy (non-hydrogen) atoms. The molecule has 294 valence electrons. The second kappa shape index (κ2) is 17.1. The van der Waals surface area contributed by atoms with Crippen molar-refractivity contribution in [1.29, 1.82) is 5.26 Å². The summed E-state index contributed by atoms with van der Waals surface area (Å²) in [5.74, 6) is 2.27. The van der Waals surface area contributed by atoms with Crippen molar-refractivity contribution in [2.75, 3.05) is 17.4 Å². The van der Waals surface area contributed by atoms with Crippen LogP contribution < -0.4 is 21.6 Å². The van der Waals surface area contributed by atoms with Crippen LogP contribution in [0.4, 0.5) is 16.3 Å². The van der Waals surface area contributed by atoms with Crippen LogP contribution in [0.5, 0.6) is 0 Å². The Kier molecular flexibility index (Phi) is 12.2. The van der Waals surface area contributed by atoms with Crippen molar-refractivity contribution >= 4 is 96.2 Å². The number of anilines is 2. The monoisotopic (exact) mass is 949 g/mol. The molecule has 1 atom stereocenters. The number of pyridine rings is 2. The summed E-state index contributed by atoms with van der Waals surface area (Å²) in [5.41, 5.74) is 2.28. The van der Waals surface area contributed by atoms with Crippen LogP contribution in [0.15, 0.2) is 89.4 Å². The lowest BCUT2D eigenvalue weighted by atomic mass is 9.90. The smallest absolute Gasteiger partial charge is 0.320 e. The molecule has 0 radical (unpaired) electrons. The average molecular weight is 952 g/mol. The Morgan fingerprint density at radius 1 is 0.931 bits per heavy atom. The summed E-state index contributed by atoms with van der Waals surface area (Å²) in [7, 11) is 1.20. The molecule has 21 heteroatoms. The minimum atomic E-state index is -1.09. The van der Waals surface area contributed by atoms with E-state index in [0.717, 1.165) is 10.0 Å². The summed E-state index contributed by atoms with van der Waals surface area (Å²) in [6, 6.07) is 17.1. The first-order valence-electron chi connectivity index (χ1n) is 16.6. The molecule has 4 N–H and O–H groups in total. The van der Waals surface area contributed by atoms with Crippen LogP contribution in [0.25, 0.3) is 5.82 Å². The number of hydroxylamine groups is 1. The fourth-order valence-corrected chi connectivity index (χ4v) is 7.22. The van der Waals surface area contributed by atoms with E-state index >= 15 is 0 Å². The maximum absolute atomic E-state index is 14.9. The highest BCUT2D eigenvalue weighted by molar-refractivity contribution is 9.10. The van der Waals surface area contributed by atoms with Gasteiger partial charge in [-0.15, -0.1) is 0 Å². The molecule has 3 aromatic heterocycles. The number of hydrazine groups is 2. The summed E-state index contributed by atoms with van der Waals surface area (Å²) in [6.45, 7) is 3.22. The van der Waals surface area contributed by atoms with Crippen LogP contribution in [-0.2, 0) is 9.63 Å². The number of aryl methyl sites for hydroxylation is 2. The number of hydrogen-bond donors (Lipinski definition) is 3. The maximum Gasteiger partial charge on any atom is 0.448 e. The topological polar surface area (TPSA) is 222 Å². The van der Waals surface area contributed by atoms with E-state index in [2.05, 4.69) is 52.2 Å². The molecule has 5 aromatic rings. The van der Waals surface area contributed by atoms with Gasteiger partial charge >= 0.3 is 12.0 Å². The molecule has 1 aliphatic heterocycles. The van der Waals surface area contributed by atoms with Crippen molar-refractivity contribution < 1.29 is 28.8 Å². The van der Waals surface area contributed by atoms with Crippen molar-refractivity contribution in [2.45, 2.75) is 18.8 Å². The molecule has 0 fully saturated rings. The highest BCUT2D eigenvalue weighted by Crippen LogP contribution is 2.37. The zero-order valence-corrected chi connectivity index (χ0v) is 34.9. The number of carbonyl (C=O) groups is 5. The first kappa shape index (κ1) is 41.5. The largest absolute Gasteiger partial charge is 0.448 e. The minimum Gasteiger partial charge on any atom is -0.320 e. The van der Waals surface area contributed by atoms with Crippen molar-refractivity contribution in [3.05, 3.63) is 139 Å². The molecule has 17 nitrogen and oxygen atoms in total. The van der Waals surface area contributed by atoms with Gasteiger partial charge in [0.05, 0.1) is 32.9 Å². The molecule has 0 aliphatic carbocycles. The lowest BCUT2D eigenvalue weighted by Crippen LogP contribution is -2.48. The summed E-state index contributed by atoms with van der Waals surface area (Å²) in [5, 5.41) is 20.0. The normalized spacial score (nSPS) is 13.4. The number of nitrogens with two attached hydrogens (primary N) is 1. The quantitative estimate of drug-likeness (QED) is 0.0398. The molecule has 0 saturated heterocycles. The Morgan fingerprint density at radius 2 is 1.60 bits per heavy atom. The van der Waals surface area contributed by atoms with Gasteiger partial charge in [0.15, 0.2) is 17.4 Å². The lowest BCUT2D eigenvalue weighted by Gasteiger charge is -2.33. The Morgan fingerprint density at radius 3 is 2.24 bits per heavy atom. The van der Waals surface area contributed by atoms with Crippen LogP contribution in [0.3, 0.4) is 0 Å². The fraction of sp³-hybridized carbons (Fsp3) is 0.108. The van der Waals surface area contributed by atoms with Crippen molar-refractivity contribution in [3.63, 3.8) is 0 Å². The first-order valence-corrected chi connectivity index (χ1v) is 19.1. The molecule has 4 heterocycles. The van der Waals surface area contributed by atoms with Crippen LogP contribution in [0.2, 0.25) is 10.0 Å². The van der Waals surface area contributed by atoms with Crippen molar-refractivity contribution in [3.8, 4) is 11.9 Å². The number of ketones is 1. The number of nitrogens with zero attached hydrogens (tertiary/aromatic N) is 8. The third kappa shape index (κ3) is 8.14. The third-order valence-electron chi connectivity index (χ3n) is 8.40. The van der Waals surface area contributed by atoms with Crippen LogP contribution in [0.1, 0.15) is 53.5 Å². The number of hydrogen-bond acceptors (Lipinski definition) is 12. The van der Waals surface area contributed by atoms with E-state index in [0.29, 0.717) is 20.7 Å². The zero-order valence-electron chi connectivity index (χ0n) is 30.2. The molecule has 1 aliphatic rings. The standard InChI is InChI=1S/C37H27Br2Cl2N11O6/c1-18-7-4-8-21(36(56)52-28(39)16-26(35(55)48-58-37(57)49(3)43)51(52)33-24(41)10-6-12-45-33)29(18)31(53)22-14-20(17-42)13-19(2)30(22)46-34(54)25-15-27(38)47-50(25)32-23(40)9-5-11-44-32/h4-16,28H,43H2,1-3H3,(H,46,54)(H,48,55). The second-order valence-electron chi connectivity index (χ2n) is 12.3. The SMILES string of the molecule is Cc1cc(C#N)cc(C(=O)c2c(C)cccc2C(=O)N2C(Br)C=C(C(=O)NOC(=O)N(C)N)N2c2ncccc2Cl)c1NC(=O)c1cc(Br)nn1-c1ncccc1Cl. The molecule has 4 amide bonds. The fourth-order valence-electron chi connectivity index (χ4n) is 5.82. The van der Waals surface area contributed by atoms with Gasteiger partial charge in [-0.1, -0.05) is 51.3 Å². The molecule has 0 bridgehead atoms. The average Bonchev–Trinajstić information content (AvgIpc) is 3.76. The molecule has 1 unspecified atom stereocenters. The predicted molar refractivity (Wildman–Crippen MR) is 218 cm³/mol. The van der Waals surface area contributed by atoms with E-state index < -0.39 is 34.5 Å². The van der Waals surface area contributed by atoms with E-state index in [1.807, 2.05) is 11.5 Å². The van der Waals surface area contributed by atoms with Gasteiger partial charge in [-0.2, -0.15) is 15.8 Å². The number of benzene rings is 2.